The molecule has 1 aliphatic heterocycles. The Morgan fingerprint density at radius 1 is 0.846 bits per heavy atom. The summed E-state index contributed by atoms with van der Waals surface area (Å²) in [5.74, 6) is -0.221. The van der Waals surface area contributed by atoms with E-state index in [2.05, 4.69) is 10.2 Å². The molecule has 0 spiro atoms. The minimum atomic E-state index is -0.246. The van der Waals surface area contributed by atoms with Crippen LogP contribution in [0.2, 0.25) is 0 Å². The Morgan fingerprint density at radius 2 is 1.54 bits per heavy atom. The van der Waals surface area contributed by atoms with Crippen LogP contribution >= 0.6 is 0 Å². The van der Waals surface area contributed by atoms with Crippen LogP contribution < -0.4 is 10.2 Å². The summed E-state index contributed by atoms with van der Waals surface area (Å²) in [6.45, 7) is 2.57. The maximum Gasteiger partial charge on any atom is 0.289 e. The van der Waals surface area contributed by atoms with Crippen molar-refractivity contribution in [2.75, 3.05) is 43.4 Å². The van der Waals surface area contributed by atoms with Gasteiger partial charge in [-0.3, -0.25) is 14.4 Å². The number of nitrogens with zero attached hydrogens (tertiary/aromatic N) is 3. The third-order valence-corrected chi connectivity index (χ3v) is 6.77. The quantitative estimate of drug-likeness (QED) is 0.378. The minimum absolute atomic E-state index is 0.141. The number of anilines is 2. The molecule has 1 saturated heterocycles. The molecule has 4 aromatic rings. The zero-order valence-electron chi connectivity index (χ0n) is 21.7. The highest BCUT2D eigenvalue weighted by atomic mass is 16.3. The maximum absolute atomic E-state index is 13.8. The Bertz CT molecular complexity index is 1430. The molecule has 1 fully saturated rings. The van der Waals surface area contributed by atoms with Crippen LogP contribution in [0.4, 0.5) is 11.4 Å². The van der Waals surface area contributed by atoms with Gasteiger partial charge in [-0.05, 0) is 48.0 Å². The van der Waals surface area contributed by atoms with E-state index in [-0.39, 0.29) is 17.7 Å². The Kier molecular flexibility index (Phi) is 7.73. The predicted octanol–water partition coefficient (Wildman–Crippen LogP) is 4.77. The van der Waals surface area contributed by atoms with E-state index in [1.807, 2.05) is 60.7 Å². The van der Waals surface area contributed by atoms with Gasteiger partial charge in [0.15, 0.2) is 5.76 Å². The van der Waals surface area contributed by atoms with Gasteiger partial charge in [0, 0.05) is 56.7 Å². The van der Waals surface area contributed by atoms with Crippen LogP contribution in [-0.4, -0.2) is 60.7 Å². The van der Waals surface area contributed by atoms with E-state index in [0.717, 1.165) is 11.3 Å². The van der Waals surface area contributed by atoms with Crippen molar-refractivity contribution < 1.29 is 18.8 Å². The standard InChI is InChI=1S/C31H30N4O4/c1-33(22-23-9-4-2-5-10-23)30(37)26-21-25(32-29(36)24-11-6-3-7-12-24)14-15-27(26)34-16-18-35(19-17-34)31(38)28-13-8-20-39-28/h2-15,20-21H,16-19,22H2,1H3,(H,32,36). The number of amides is 3. The van der Waals surface area contributed by atoms with Crippen molar-refractivity contribution in [1.82, 2.24) is 9.80 Å². The lowest BCUT2D eigenvalue weighted by Crippen LogP contribution is -2.49. The molecular formula is C31H30N4O4. The number of hydrogen-bond acceptors (Lipinski definition) is 5. The van der Waals surface area contributed by atoms with Crippen LogP contribution in [-0.2, 0) is 6.54 Å². The highest BCUT2D eigenvalue weighted by molar-refractivity contribution is 6.06. The van der Waals surface area contributed by atoms with Crippen LogP contribution in [0.3, 0.4) is 0 Å². The van der Waals surface area contributed by atoms with Gasteiger partial charge in [-0.2, -0.15) is 0 Å². The summed E-state index contributed by atoms with van der Waals surface area (Å²) in [5.41, 5.74) is 3.35. The first-order chi connectivity index (χ1) is 19.0. The third kappa shape index (κ3) is 6.01. The van der Waals surface area contributed by atoms with Crippen LogP contribution in [0.5, 0.6) is 0 Å². The molecule has 2 heterocycles. The minimum Gasteiger partial charge on any atom is -0.459 e. The van der Waals surface area contributed by atoms with Gasteiger partial charge in [0.25, 0.3) is 17.7 Å². The summed E-state index contributed by atoms with van der Waals surface area (Å²) in [7, 11) is 1.77. The normalized spacial score (nSPS) is 13.2. The molecule has 5 rings (SSSR count). The molecule has 0 bridgehead atoms. The zero-order valence-corrected chi connectivity index (χ0v) is 21.7. The molecule has 0 radical (unpaired) electrons. The first kappa shape index (κ1) is 25.8. The number of nitrogens with one attached hydrogen (secondary N) is 1. The molecule has 8 heteroatoms. The zero-order chi connectivity index (χ0) is 27.2. The summed E-state index contributed by atoms with van der Waals surface area (Å²) in [5, 5.41) is 2.92. The van der Waals surface area contributed by atoms with Crippen molar-refractivity contribution in [2.24, 2.45) is 0 Å². The monoisotopic (exact) mass is 522 g/mol. The van der Waals surface area contributed by atoms with Crippen molar-refractivity contribution in [3.63, 3.8) is 0 Å². The van der Waals surface area contributed by atoms with E-state index in [4.69, 9.17) is 4.42 Å². The van der Waals surface area contributed by atoms with Crippen LogP contribution in [0.25, 0.3) is 0 Å². The molecule has 198 valence electrons. The van der Waals surface area contributed by atoms with Crippen molar-refractivity contribution in [2.45, 2.75) is 6.54 Å². The van der Waals surface area contributed by atoms with E-state index in [1.54, 1.807) is 47.2 Å². The largest absolute Gasteiger partial charge is 0.459 e. The molecule has 0 aliphatic carbocycles. The average Bonchev–Trinajstić information content (AvgIpc) is 3.53. The van der Waals surface area contributed by atoms with Crippen LogP contribution in [0, 0.1) is 0 Å². The van der Waals surface area contributed by atoms with E-state index in [1.165, 1.54) is 6.26 Å². The van der Waals surface area contributed by atoms with Gasteiger partial charge in [0.05, 0.1) is 11.8 Å². The van der Waals surface area contributed by atoms with Gasteiger partial charge in [0.2, 0.25) is 0 Å². The van der Waals surface area contributed by atoms with Gasteiger partial charge in [-0.25, -0.2) is 0 Å². The SMILES string of the molecule is CN(Cc1ccccc1)C(=O)c1cc(NC(=O)c2ccccc2)ccc1N1CCN(C(=O)c2ccco2)CC1. The van der Waals surface area contributed by atoms with Gasteiger partial charge < -0.3 is 24.4 Å². The van der Waals surface area contributed by atoms with Gasteiger partial charge >= 0.3 is 0 Å². The van der Waals surface area contributed by atoms with Crippen LogP contribution in [0.1, 0.15) is 36.8 Å². The second-order valence-electron chi connectivity index (χ2n) is 9.46. The molecule has 1 N–H and O–H groups in total. The fourth-order valence-corrected chi connectivity index (χ4v) is 4.69. The molecule has 3 aromatic carbocycles. The third-order valence-electron chi connectivity index (χ3n) is 6.77. The molecule has 3 amide bonds. The number of piperazine rings is 1. The lowest BCUT2D eigenvalue weighted by Gasteiger charge is -2.37. The molecule has 0 saturated carbocycles. The molecule has 39 heavy (non-hydrogen) atoms. The second-order valence-corrected chi connectivity index (χ2v) is 9.46. The molecule has 8 nitrogen and oxygen atoms in total. The topological polar surface area (TPSA) is 86.1 Å². The Hall–Kier alpha value is -4.85. The van der Waals surface area contributed by atoms with Crippen molar-refractivity contribution in [3.05, 3.63) is 120 Å². The smallest absolute Gasteiger partial charge is 0.289 e. The van der Waals surface area contributed by atoms with Crippen molar-refractivity contribution in [1.29, 1.82) is 0 Å². The van der Waals surface area contributed by atoms with Gasteiger partial charge in [0.1, 0.15) is 0 Å². The van der Waals surface area contributed by atoms with E-state index in [9.17, 15) is 14.4 Å². The summed E-state index contributed by atoms with van der Waals surface area (Å²) < 4.78 is 5.27. The molecular weight excluding hydrogens is 492 g/mol. The Balaban J connectivity index is 1.38. The van der Waals surface area contributed by atoms with E-state index in [0.29, 0.717) is 55.3 Å². The number of hydrogen-bond donors (Lipinski definition) is 1. The van der Waals surface area contributed by atoms with Gasteiger partial charge in [-0.15, -0.1) is 0 Å². The molecule has 0 atom stereocenters. The predicted molar refractivity (Wildman–Crippen MR) is 150 cm³/mol. The highest BCUT2D eigenvalue weighted by Crippen LogP contribution is 2.28. The van der Waals surface area contributed by atoms with Crippen molar-refractivity contribution >= 4 is 29.1 Å². The average molecular weight is 523 g/mol. The number of rotatable bonds is 7. The fraction of sp³-hybridized carbons (Fsp3) is 0.194. The number of furan rings is 1. The lowest BCUT2D eigenvalue weighted by molar-refractivity contribution is 0.0712. The van der Waals surface area contributed by atoms with E-state index < -0.39 is 0 Å². The fourth-order valence-electron chi connectivity index (χ4n) is 4.69. The summed E-state index contributed by atoms with van der Waals surface area (Å²) in [4.78, 5) is 44.8. The van der Waals surface area contributed by atoms with E-state index >= 15 is 0 Å². The number of carbonyl (C=O) groups is 3. The van der Waals surface area contributed by atoms with Crippen molar-refractivity contribution in [3.8, 4) is 0 Å². The molecule has 1 aromatic heterocycles. The maximum atomic E-state index is 13.8. The summed E-state index contributed by atoms with van der Waals surface area (Å²) >= 11 is 0. The highest BCUT2D eigenvalue weighted by Gasteiger charge is 2.27. The lowest BCUT2D eigenvalue weighted by atomic mass is 10.1. The molecule has 1 aliphatic rings. The number of benzene rings is 3. The van der Waals surface area contributed by atoms with Gasteiger partial charge in [-0.1, -0.05) is 48.5 Å². The number of carbonyl (C=O) groups excluding carboxylic acids is 3. The first-order valence-electron chi connectivity index (χ1n) is 12.9. The van der Waals surface area contributed by atoms with Crippen LogP contribution in [0.15, 0.2) is 102 Å². The summed E-state index contributed by atoms with van der Waals surface area (Å²) in [6, 6.07) is 27.5. The Morgan fingerprint density at radius 3 is 2.21 bits per heavy atom. The summed E-state index contributed by atoms with van der Waals surface area (Å²) in [6.07, 6.45) is 1.49. The Labute approximate surface area is 227 Å². The second kappa shape index (κ2) is 11.7. The molecule has 0 unspecified atom stereocenters. The first-order valence-corrected chi connectivity index (χ1v) is 12.9.